The van der Waals surface area contributed by atoms with Crippen LogP contribution in [0.15, 0.2) is 59.7 Å². The molecule has 0 spiro atoms. The average molecular weight is 311 g/mol. The highest BCUT2D eigenvalue weighted by Crippen LogP contribution is 2.12. The molecule has 0 saturated carbocycles. The molecule has 0 bridgehead atoms. The van der Waals surface area contributed by atoms with Crippen molar-refractivity contribution in [3.8, 4) is 5.75 Å². The third-order valence-electron chi connectivity index (χ3n) is 2.87. The van der Waals surface area contributed by atoms with E-state index in [1.54, 1.807) is 18.3 Å². The lowest BCUT2D eigenvalue weighted by molar-refractivity contribution is 0.252. The number of hydrogen-bond acceptors (Lipinski definition) is 3. The SMILES string of the molecule is CC(C)COc1ccc(/C=N/NC(=O)Nc2ccccc2)cc1. The maximum absolute atomic E-state index is 11.6. The predicted octanol–water partition coefficient (Wildman–Crippen LogP) is 3.88. The molecule has 0 aliphatic rings. The molecule has 2 aromatic rings. The molecule has 0 aliphatic heterocycles. The largest absolute Gasteiger partial charge is 0.493 e. The molecule has 2 aromatic carbocycles. The Hall–Kier alpha value is -2.82. The Labute approximate surface area is 136 Å². The molecular weight excluding hydrogens is 290 g/mol. The summed E-state index contributed by atoms with van der Waals surface area (Å²) in [7, 11) is 0. The van der Waals surface area contributed by atoms with Crippen molar-refractivity contribution in [2.24, 2.45) is 11.0 Å². The highest BCUT2D eigenvalue weighted by atomic mass is 16.5. The topological polar surface area (TPSA) is 62.7 Å². The third kappa shape index (κ3) is 6.22. The molecular formula is C18H21N3O2. The summed E-state index contributed by atoms with van der Waals surface area (Å²) in [5.41, 5.74) is 4.01. The molecule has 0 aromatic heterocycles. The van der Waals surface area contributed by atoms with E-state index < -0.39 is 0 Å². The smallest absolute Gasteiger partial charge is 0.339 e. The van der Waals surface area contributed by atoms with Gasteiger partial charge in [0.15, 0.2) is 0 Å². The number of para-hydroxylation sites is 1. The maximum atomic E-state index is 11.6. The van der Waals surface area contributed by atoms with Crippen LogP contribution in [-0.2, 0) is 0 Å². The summed E-state index contributed by atoms with van der Waals surface area (Å²) in [6.07, 6.45) is 1.58. The van der Waals surface area contributed by atoms with Crippen LogP contribution < -0.4 is 15.5 Å². The zero-order chi connectivity index (χ0) is 16.5. The molecule has 0 atom stereocenters. The average Bonchev–Trinajstić information content (AvgIpc) is 2.55. The highest BCUT2D eigenvalue weighted by Gasteiger charge is 1.99. The van der Waals surface area contributed by atoms with Crippen molar-refractivity contribution in [2.45, 2.75) is 13.8 Å². The van der Waals surface area contributed by atoms with Gasteiger partial charge in [0, 0.05) is 5.69 Å². The Morgan fingerprint density at radius 1 is 1.13 bits per heavy atom. The van der Waals surface area contributed by atoms with E-state index in [1.807, 2.05) is 42.5 Å². The summed E-state index contributed by atoms with van der Waals surface area (Å²) < 4.78 is 5.61. The van der Waals surface area contributed by atoms with Gasteiger partial charge in [-0.3, -0.25) is 0 Å². The van der Waals surface area contributed by atoms with Crippen molar-refractivity contribution in [1.29, 1.82) is 0 Å². The van der Waals surface area contributed by atoms with Gasteiger partial charge in [-0.15, -0.1) is 0 Å². The number of urea groups is 1. The van der Waals surface area contributed by atoms with Gasteiger partial charge >= 0.3 is 6.03 Å². The molecule has 5 heteroatoms. The van der Waals surface area contributed by atoms with Gasteiger partial charge in [-0.2, -0.15) is 5.10 Å². The Bertz CT molecular complexity index is 637. The van der Waals surface area contributed by atoms with Crippen LogP contribution in [0.25, 0.3) is 0 Å². The minimum atomic E-state index is -0.385. The lowest BCUT2D eigenvalue weighted by Crippen LogP contribution is -2.24. The molecule has 2 amide bonds. The first kappa shape index (κ1) is 16.5. The third-order valence-corrected chi connectivity index (χ3v) is 2.87. The normalized spacial score (nSPS) is 10.7. The number of amides is 2. The molecule has 0 heterocycles. The van der Waals surface area contributed by atoms with Gasteiger partial charge in [0.1, 0.15) is 5.75 Å². The van der Waals surface area contributed by atoms with E-state index in [1.165, 1.54) is 0 Å². The summed E-state index contributed by atoms with van der Waals surface area (Å²) in [4.78, 5) is 11.6. The number of carbonyl (C=O) groups is 1. The van der Waals surface area contributed by atoms with Gasteiger partial charge in [-0.05, 0) is 47.9 Å². The zero-order valence-electron chi connectivity index (χ0n) is 13.3. The summed E-state index contributed by atoms with van der Waals surface area (Å²) in [6.45, 7) is 4.90. The first-order chi connectivity index (χ1) is 11.1. The van der Waals surface area contributed by atoms with Crippen molar-refractivity contribution >= 4 is 17.9 Å². The van der Waals surface area contributed by atoms with Gasteiger partial charge in [0.2, 0.25) is 0 Å². The van der Waals surface area contributed by atoms with Crippen LogP contribution in [0.4, 0.5) is 10.5 Å². The first-order valence-electron chi connectivity index (χ1n) is 7.51. The standard InChI is InChI=1S/C18H21N3O2/c1-14(2)13-23-17-10-8-15(9-11-17)12-19-21-18(22)20-16-6-4-3-5-7-16/h3-12,14H,13H2,1-2H3,(H2,20,21,22)/b19-12+. The second-order valence-electron chi connectivity index (χ2n) is 5.46. The predicted molar refractivity (Wildman–Crippen MR) is 93.0 cm³/mol. The van der Waals surface area contributed by atoms with E-state index in [2.05, 4.69) is 29.7 Å². The molecule has 2 N–H and O–H groups in total. The van der Waals surface area contributed by atoms with Crippen molar-refractivity contribution in [2.75, 3.05) is 11.9 Å². The van der Waals surface area contributed by atoms with Crippen LogP contribution in [0, 0.1) is 5.92 Å². The van der Waals surface area contributed by atoms with Crippen molar-refractivity contribution in [3.63, 3.8) is 0 Å². The quantitative estimate of drug-likeness (QED) is 0.628. The fourth-order valence-corrected chi connectivity index (χ4v) is 1.76. The molecule has 2 rings (SSSR count). The number of carbonyl (C=O) groups excluding carboxylic acids is 1. The van der Waals surface area contributed by atoms with E-state index in [4.69, 9.17) is 4.74 Å². The summed E-state index contributed by atoms with van der Waals surface area (Å²) in [5, 5.41) is 6.59. The number of nitrogens with zero attached hydrogens (tertiary/aromatic N) is 1. The maximum Gasteiger partial charge on any atom is 0.339 e. The molecule has 0 saturated heterocycles. The van der Waals surface area contributed by atoms with E-state index in [0.29, 0.717) is 18.2 Å². The summed E-state index contributed by atoms with van der Waals surface area (Å²) in [5.74, 6) is 1.31. The Balaban J connectivity index is 1.80. The van der Waals surface area contributed by atoms with Crippen LogP contribution in [0.5, 0.6) is 5.75 Å². The van der Waals surface area contributed by atoms with Gasteiger partial charge in [0.25, 0.3) is 0 Å². The van der Waals surface area contributed by atoms with Gasteiger partial charge in [-0.25, -0.2) is 10.2 Å². The highest BCUT2D eigenvalue weighted by molar-refractivity contribution is 5.90. The van der Waals surface area contributed by atoms with E-state index in [0.717, 1.165) is 11.3 Å². The fourth-order valence-electron chi connectivity index (χ4n) is 1.76. The molecule has 0 aliphatic carbocycles. The van der Waals surface area contributed by atoms with Crippen molar-refractivity contribution in [3.05, 3.63) is 60.2 Å². The Morgan fingerprint density at radius 2 is 1.83 bits per heavy atom. The number of ether oxygens (including phenoxy) is 1. The number of benzene rings is 2. The number of nitrogens with one attached hydrogen (secondary N) is 2. The van der Waals surface area contributed by atoms with Crippen molar-refractivity contribution < 1.29 is 9.53 Å². The van der Waals surface area contributed by atoms with E-state index in [-0.39, 0.29) is 6.03 Å². The fraction of sp³-hybridized carbons (Fsp3) is 0.222. The number of hydrogen-bond donors (Lipinski definition) is 2. The van der Waals surface area contributed by atoms with Crippen molar-refractivity contribution in [1.82, 2.24) is 5.43 Å². The summed E-state index contributed by atoms with van der Waals surface area (Å²) in [6, 6.07) is 16.3. The Morgan fingerprint density at radius 3 is 2.48 bits per heavy atom. The molecule has 23 heavy (non-hydrogen) atoms. The second-order valence-corrected chi connectivity index (χ2v) is 5.46. The van der Waals surface area contributed by atoms with E-state index in [9.17, 15) is 4.79 Å². The van der Waals surface area contributed by atoms with Crippen LogP contribution in [-0.4, -0.2) is 18.9 Å². The van der Waals surface area contributed by atoms with Gasteiger partial charge in [0.05, 0.1) is 12.8 Å². The molecule has 120 valence electrons. The van der Waals surface area contributed by atoms with Gasteiger partial charge < -0.3 is 10.1 Å². The van der Waals surface area contributed by atoms with Crippen LogP contribution in [0.3, 0.4) is 0 Å². The molecule has 0 fully saturated rings. The minimum absolute atomic E-state index is 0.385. The lowest BCUT2D eigenvalue weighted by Gasteiger charge is -2.08. The first-order valence-corrected chi connectivity index (χ1v) is 7.51. The van der Waals surface area contributed by atoms with Gasteiger partial charge in [-0.1, -0.05) is 32.0 Å². The summed E-state index contributed by atoms with van der Waals surface area (Å²) >= 11 is 0. The number of anilines is 1. The van der Waals surface area contributed by atoms with Crippen LogP contribution in [0.1, 0.15) is 19.4 Å². The molecule has 0 unspecified atom stereocenters. The molecule has 5 nitrogen and oxygen atoms in total. The minimum Gasteiger partial charge on any atom is -0.493 e. The van der Waals surface area contributed by atoms with Crippen LogP contribution in [0.2, 0.25) is 0 Å². The number of hydrazone groups is 1. The Kier molecular flexibility index (Phi) is 6.17. The van der Waals surface area contributed by atoms with E-state index >= 15 is 0 Å². The molecule has 0 radical (unpaired) electrons. The number of rotatable bonds is 6. The van der Waals surface area contributed by atoms with Crippen LogP contribution >= 0.6 is 0 Å². The second kappa shape index (κ2) is 8.58. The lowest BCUT2D eigenvalue weighted by atomic mass is 10.2. The monoisotopic (exact) mass is 311 g/mol. The zero-order valence-corrected chi connectivity index (χ0v) is 13.3.